The van der Waals surface area contributed by atoms with Crippen LogP contribution < -0.4 is 5.32 Å². The van der Waals surface area contributed by atoms with Crippen molar-refractivity contribution in [3.8, 4) is 11.4 Å². The van der Waals surface area contributed by atoms with Crippen LogP contribution in [0.5, 0.6) is 0 Å². The van der Waals surface area contributed by atoms with Gasteiger partial charge < -0.3 is 9.84 Å². The van der Waals surface area contributed by atoms with Crippen LogP contribution in [0.25, 0.3) is 22.3 Å². The van der Waals surface area contributed by atoms with Crippen LogP contribution in [-0.2, 0) is 0 Å². The van der Waals surface area contributed by atoms with Gasteiger partial charge in [0.1, 0.15) is 18.2 Å². The Morgan fingerprint density at radius 1 is 1.07 bits per heavy atom. The molecule has 136 valence electrons. The van der Waals surface area contributed by atoms with Gasteiger partial charge in [0.2, 0.25) is 11.7 Å². The highest BCUT2D eigenvalue weighted by molar-refractivity contribution is 9.10. The van der Waals surface area contributed by atoms with E-state index in [1.54, 1.807) is 18.7 Å². The third-order valence-corrected chi connectivity index (χ3v) is 4.70. The lowest BCUT2D eigenvalue weighted by atomic mass is 10.0. The van der Waals surface area contributed by atoms with E-state index in [4.69, 9.17) is 4.52 Å². The molecular formula is C19H17BrN6O. The van der Waals surface area contributed by atoms with Crippen LogP contribution in [-0.4, -0.2) is 25.1 Å². The van der Waals surface area contributed by atoms with Crippen LogP contribution in [0.4, 0.5) is 5.82 Å². The minimum Gasteiger partial charge on any atom is -0.358 e. The average molecular weight is 425 g/mol. The van der Waals surface area contributed by atoms with Crippen LogP contribution >= 0.6 is 15.9 Å². The number of hydrogen-bond acceptors (Lipinski definition) is 7. The van der Waals surface area contributed by atoms with Gasteiger partial charge in [0, 0.05) is 27.8 Å². The number of anilines is 1. The Morgan fingerprint density at radius 2 is 1.89 bits per heavy atom. The summed E-state index contributed by atoms with van der Waals surface area (Å²) in [7, 11) is 0. The molecule has 0 saturated heterocycles. The van der Waals surface area contributed by atoms with Crippen LogP contribution in [0.15, 0.2) is 58.0 Å². The average Bonchev–Trinajstić information content (AvgIpc) is 3.16. The summed E-state index contributed by atoms with van der Waals surface area (Å²) >= 11 is 3.51. The summed E-state index contributed by atoms with van der Waals surface area (Å²) in [6.07, 6.45) is 4.95. The zero-order valence-electron chi connectivity index (χ0n) is 14.8. The predicted octanol–water partition coefficient (Wildman–Crippen LogP) is 4.65. The summed E-state index contributed by atoms with van der Waals surface area (Å²) in [5.74, 6) is 1.98. The molecule has 1 aromatic carbocycles. The Kier molecular flexibility index (Phi) is 4.81. The Balaban J connectivity index is 1.69. The van der Waals surface area contributed by atoms with Gasteiger partial charge >= 0.3 is 0 Å². The first-order valence-corrected chi connectivity index (χ1v) is 9.32. The monoisotopic (exact) mass is 424 g/mol. The lowest BCUT2D eigenvalue weighted by molar-refractivity contribution is 0.336. The molecule has 1 N–H and O–H groups in total. The van der Waals surface area contributed by atoms with E-state index in [9.17, 15) is 0 Å². The Hall–Kier alpha value is -2.87. The Bertz CT molecular complexity index is 1070. The predicted molar refractivity (Wildman–Crippen MR) is 106 cm³/mol. The number of nitrogens with one attached hydrogen (secondary N) is 1. The third kappa shape index (κ3) is 3.66. The minimum atomic E-state index is -0.190. The van der Waals surface area contributed by atoms with E-state index in [-0.39, 0.29) is 12.0 Å². The first kappa shape index (κ1) is 17.5. The SMILES string of the molecule is CC(C)C(Nc1ncnc2ccc(Br)cc12)c1nc(-c2ccncc2)no1. The lowest BCUT2D eigenvalue weighted by Crippen LogP contribution is -2.18. The maximum Gasteiger partial charge on any atom is 0.249 e. The molecule has 0 saturated carbocycles. The van der Waals surface area contributed by atoms with Crippen molar-refractivity contribution in [1.82, 2.24) is 25.1 Å². The van der Waals surface area contributed by atoms with Crippen LogP contribution in [0, 0.1) is 5.92 Å². The molecule has 7 nitrogen and oxygen atoms in total. The molecule has 0 bridgehead atoms. The number of fused-ring (bicyclic) bond motifs is 1. The van der Waals surface area contributed by atoms with Crippen molar-refractivity contribution in [3.05, 3.63) is 59.4 Å². The van der Waals surface area contributed by atoms with Gasteiger partial charge in [0.05, 0.1) is 5.52 Å². The van der Waals surface area contributed by atoms with Crippen LogP contribution in [0.1, 0.15) is 25.8 Å². The van der Waals surface area contributed by atoms with Crippen molar-refractivity contribution < 1.29 is 4.52 Å². The van der Waals surface area contributed by atoms with Gasteiger partial charge in [0.15, 0.2) is 0 Å². The fourth-order valence-electron chi connectivity index (χ4n) is 2.78. The highest BCUT2D eigenvalue weighted by Gasteiger charge is 2.24. The van der Waals surface area contributed by atoms with Gasteiger partial charge in [-0.1, -0.05) is 34.9 Å². The van der Waals surface area contributed by atoms with Crippen LogP contribution in [0.3, 0.4) is 0 Å². The number of aromatic nitrogens is 5. The third-order valence-electron chi connectivity index (χ3n) is 4.20. The molecule has 0 amide bonds. The number of pyridine rings is 1. The van der Waals surface area contributed by atoms with Crippen molar-refractivity contribution in [2.24, 2.45) is 5.92 Å². The van der Waals surface area contributed by atoms with Gasteiger partial charge in [-0.15, -0.1) is 0 Å². The minimum absolute atomic E-state index is 0.190. The molecule has 4 rings (SSSR count). The maximum absolute atomic E-state index is 5.55. The van der Waals surface area contributed by atoms with E-state index in [1.807, 2.05) is 30.3 Å². The summed E-state index contributed by atoms with van der Waals surface area (Å²) in [5.41, 5.74) is 1.72. The summed E-state index contributed by atoms with van der Waals surface area (Å²) in [6.45, 7) is 4.18. The Labute approximate surface area is 164 Å². The zero-order valence-corrected chi connectivity index (χ0v) is 16.4. The first-order chi connectivity index (χ1) is 13.1. The molecular weight excluding hydrogens is 408 g/mol. The summed E-state index contributed by atoms with van der Waals surface area (Å²) in [6, 6.07) is 9.41. The van der Waals surface area contributed by atoms with Gasteiger partial charge in [-0.25, -0.2) is 9.97 Å². The molecule has 0 aliphatic carbocycles. The van der Waals surface area contributed by atoms with Crippen molar-refractivity contribution in [2.45, 2.75) is 19.9 Å². The van der Waals surface area contributed by atoms with Gasteiger partial charge in [-0.2, -0.15) is 4.98 Å². The molecule has 0 aliphatic rings. The van der Waals surface area contributed by atoms with E-state index in [0.29, 0.717) is 11.7 Å². The van der Waals surface area contributed by atoms with Gasteiger partial charge in [0.25, 0.3) is 0 Å². The topological polar surface area (TPSA) is 89.6 Å². The molecule has 8 heteroatoms. The lowest BCUT2D eigenvalue weighted by Gasteiger charge is -2.20. The van der Waals surface area contributed by atoms with E-state index in [1.165, 1.54) is 0 Å². The molecule has 3 aromatic heterocycles. The Morgan fingerprint density at radius 3 is 2.67 bits per heavy atom. The number of hydrogen-bond donors (Lipinski definition) is 1. The fourth-order valence-corrected chi connectivity index (χ4v) is 3.15. The van der Waals surface area contributed by atoms with Crippen molar-refractivity contribution in [2.75, 3.05) is 5.32 Å². The van der Waals surface area contributed by atoms with E-state index in [2.05, 4.69) is 60.2 Å². The molecule has 0 aliphatic heterocycles. The zero-order chi connectivity index (χ0) is 18.8. The second kappa shape index (κ2) is 7.40. The normalized spacial score (nSPS) is 12.4. The number of nitrogens with zero attached hydrogens (tertiary/aromatic N) is 5. The maximum atomic E-state index is 5.55. The second-order valence-corrected chi connectivity index (χ2v) is 7.36. The standard InChI is InChI=1S/C19H17BrN6O/c1-11(2)16(19-25-17(26-27-19)12-5-7-21-8-6-12)24-18-14-9-13(20)3-4-15(14)22-10-23-18/h3-11,16H,1-2H3,(H,22,23,24). The van der Waals surface area contributed by atoms with Crippen molar-refractivity contribution in [1.29, 1.82) is 0 Å². The second-order valence-electron chi connectivity index (χ2n) is 6.44. The quantitative estimate of drug-likeness (QED) is 0.498. The molecule has 1 atom stereocenters. The molecule has 0 radical (unpaired) electrons. The fraction of sp³-hybridized carbons (Fsp3) is 0.211. The summed E-state index contributed by atoms with van der Waals surface area (Å²) in [5, 5.41) is 8.49. The van der Waals surface area contributed by atoms with Crippen LogP contribution in [0.2, 0.25) is 0 Å². The van der Waals surface area contributed by atoms with E-state index >= 15 is 0 Å². The highest BCUT2D eigenvalue weighted by Crippen LogP contribution is 2.30. The first-order valence-electron chi connectivity index (χ1n) is 8.52. The molecule has 0 spiro atoms. The smallest absolute Gasteiger partial charge is 0.249 e. The van der Waals surface area contributed by atoms with E-state index < -0.39 is 0 Å². The molecule has 4 aromatic rings. The molecule has 27 heavy (non-hydrogen) atoms. The largest absolute Gasteiger partial charge is 0.358 e. The number of halogens is 1. The number of benzene rings is 1. The summed E-state index contributed by atoms with van der Waals surface area (Å²) in [4.78, 5) is 17.3. The highest BCUT2D eigenvalue weighted by atomic mass is 79.9. The molecule has 1 unspecified atom stereocenters. The van der Waals surface area contributed by atoms with Crippen molar-refractivity contribution in [3.63, 3.8) is 0 Å². The molecule has 0 fully saturated rings. The van der Waals surface area contributed by atoms with Gasteiger partial charge in [-0.05, 0) is 36.2 Å². The summed E-state index contributed by atoms with van der Waals surface area (Å²) < 4.78 is 6.52. The van der Waals surface area contributed by atoms with Gasteiger partial charge in [-0.3, -0.25) is 4.98 Å². The van der Waals surface area contributed by atoms with Crippen molar-refractivity contribution >= 4 is 32.7 Å². The van der Waals surface area contributed by atoms with E-state index in [0.717, 1.165) is 26.8 Å². The molecule has 3 heterocycles. The number of rotatable bonds is 5.